The summed E-state index contributed by atoms with van der Waals surface area (Å²) in [6.07, 6.45) is 4.32. The fourth-order valence-corrected chi connectivity index (χ4v) is 2.02. The molecule has 0 spiro atoms. The maximum Gasteiger partial charge on any atom is 0.171 e. The second-order valence-corrected chi connectivity index (χ2v) is 4.33. The van der Waals surface area contributed by atoms with E-state index in [0.29, 0.717) is 6.61 Å². The fraction of sp³-hybridized carbons (Fsp3) is 0.538. The molecular formula is C13H19N3O2. The van der Waals surface area contributed by atoms with Crippen LogP contribution in [0.5, 0.6) is 5.75 Å². The van der Waals surface area contributed by atoms with Gasteiger partial charge in [-0.1, -0.05) is 12.1 Å². The van der Waals surface area contributed by atoms with Crippen molar-refractivity contribution >= 4 is 11.5 Å². The molecule has 2 rings (SSSR count). The largest absolute Gasteiger partial charge is 0.490 e. The van der Waals surface area contributed by atoms with E-state index in [9.17, 15) is 0 Å². The Morgan fingerprint density at radius 3 is 2.89 bits per heavy atom. The van der Waals surface area contributed by atoms with E-state index in [0.717, 1.165) is 49.6 Å². The number of ether oxygens (including phenoxy) is 1. The van der Waals surface area contributed by atoms with Crippen molar-refractivity contribution in [1.29, 1.82) is 0 Å². The summed E-state index contributed by atoms with van der Waals surface area (Å²) in [4.78, 5) is 6.58. The lowest BCUT2D eigenvalue weighted by Crippen LogP contribution is -2.34. The topological polar surface area (TPSA) is 58.0 Å². The van der Waals surface area contributed by atoms with Crippen molar-refractivity contribution in [2.75, 3.05) is 24.6 Å². The highest BCUT2D eigenvalue weighted by Gasteiger charge is 2.19. The van der Waals surface area contributed by atoms with Crippen molar-refractivity contribution in [3.63, 3.8) is 0 Å². The maximum absolute atomic E-state index is 8.75. The average molecular weight is 249 g/mol. The number of hydrogen-bond donors (Lipinski definition) is 1. The number of nitrogens with zero attached hydrogens (tertiary/aromatic N) is 3. The van der Waals surface area contributed by atoms with Crippen LogP contribution in [0.4, 0.5) is 5.82 Å². The van der Waals surface area contributed by atoms with Gasteiger partial charge in [-0.15, -0.1) is 0 Å². The lowest BCUT2D eigenvalue weighted by atomic mass is 10.1. The molecule has 1 aromatic rings. The van der Waals surface area contributed by atoms with Gasteiger partial charge >= 0.3 is 0 Å². The number of pyridine rings is 1. The summed E-state index contributed by atoms with van der Waals surface area (Å²) in [6, 6.07) is 3.84. The lowest BCUT2D eigenvalue weighted by Gasteiger charge is -2.29. The number of hydrogen-bond acceptors (Lipinski definition) is 5. The Balaban J connectivity index is 2.08. The SMILES string of the molecule is CCCOc1cccnc1N1CCC(=NO)CC1. The van der Waals surface area contributed by atoms with Crippen LogP contribution in [0.1, 0.15) is 26.2 Å². The normalized spacial score (nSPS) is 15.6. The summed E-state index contributed by atoms with van der Waals surface area (Å²) < 4.78 is 5.71. The van der Waals surface area contributed by atoms with Gasteiger partial charge in [0.25, 0.3) is 0 Å². The minimum Gasteiger partial charge on any atom is -0.490 e. The first-order valence-corrected chi connectivity index (χ1v) is 6.37. The van der Waals surface area contributed by atoms with Crippen molar-refractivity contribution < 1.29 is 9.94 Å². The molecule has 1 saturated heterocycles. The van der Waals surface area contributed by atoms with E-state index < -0.39 is 0 Å². The molecular weight excluding hydrogens is 230 g/mol. The van der Waals surface area contributed by atoms with Crippen LogP contribution in [-0.2, 0) is 0 Å². The minimum atomic E-state index is 0.704. The van der Waals surface area contributed by atoms with Crippen LogP contribution in [0.2, 0.25) is 0 Å². The van der Waals surface area contributed by atoms with Gasteiger partial charge in [0.1, 0.15) is 0 Å². The van der Waals surface area contributed by atoms with Crippen LogP contribution in [0.3, 0.4) is 0 Å². The Bertz CT molecular complexity index is 410. The smallest absolute Gasteiger partial charge is 0.171 e. The molecule has 98 valence electrons. The van der Waals surface area contributed by atoms with Gasteiger partial charge < -0.3 is 14.8 Å². The summed E-state index contributed by atoms with van der Waals surface area (Å²) in [5.41, 5.74) is 0.859. The van der Waals surface area contributed by atoms with Gasteiger partial charge in [0, 0.05) is 32.1 Å². The van der Waals surface area contributed by atoms with Crippen LogP contribution in [0.25, 0.3) is 0 Å². The molecule has 1 aliphatic rings. The van der Waals surface area contributed by atoms with Crippen LogP contribution in [0.15, 0.2) is 23.5 Å². The first-order valence-electron chi connectivity index (χ1n) is 6.37. The third kappa shape index (κ3) is 2.91. The van der Waals surface area contributed by atoms with Gasteiger partial charge in [-0.3, -0.25) is 0 Å². The van der Waals surface area contributed by atoms with E-state index in [1.165, 1.54) is 0 Å². The van der Waals surface area contributed by atoms with Crippen molar-refractivity contribution in [2.24, 2.45) is 5.16 Å². The van der Waals surface area contributed by atoms with Gasteiger partial charge in [-0.05, 0) is 18.6 Å². The first kappa shape index (κ1) is 12.7. The molecule has 0 atom stereocenters. The van der Waals surface area contributed by atoms with Crippen molar-refractivity contribution in [2.45, 2.75) is 26.2 Å². The predicted molar refractivity (Wildman–Crippen MR) is 70.7 cm³/mol. The first-order chi connectivity index (χ1) is 8.85. The third-order valence-electron chi connectivity index (χ3n) is 2.99. The highest BCUT2D eigenvalue weighted by molar-refractivity contribution is 5.86. The van der Waals surface area contributed by atoms with Crippen molar-refractivity contribution in [1.82, 2.24) is 4.98 Å². The minimum absolute atomic E-state index is 0.704. The molecule has 0 unspecified atom stereocenters. The summed E-state index contributed by atoms with van der Waals surface area (Å²) in [6.45, 7) is 4.43. The summed E-state index contributed by atoms with van der Waals surface area (Å²) >= 11 is 0. The molecule has 0 radical (unpaired) electrons. The van der Waals surface area contributed by atoms with E-state index >= 15 is 0 Å². The Hall–Kier alpha value is -1.78. The van der Waals surface area contributed by atoms with Crippen molar-refractivity contribution in [3.8, 4) is 5.75 Å². The predicted octanol–water partition coefficient (Wildman–Crippen LogP) is 2.30. The Labute approximate surface area is 107 Å². The van der Waals surface area contributed by atoms with Gasteiger partial charge in [-0.25, -0.2) is 4.98 Å². The molecule has 1 aromatic heterocycles. The monoisotopic (exact) mass is 249 g/mol. The van der Waals surface area contributed by atoms with Crippen LogP contribution >= 0.6 is 0 Å². The molecule has 1 N–H and O–H groups in total. The molecule has 0 aliphatic carbocycles. The van der Waals surface area contributed by atoms with Gasteiger partial charge in [0.05, 0.1) is 12.3 Å². The number of anilines is 1. The third-order valence-corrected chi connectivity index (χ3v) is 2.99. The highest BCUT2D eigenvalue weighted by Crippen LogP contribution is 2.27. The molecule has 5 heteroatoms. The number of aromatic nitrogens is 1. The van der Waals surface area contributed by atoms with Crippen LogP contribution < -0.4 is 9.64 Å². The quantitative estimate of drug-likeness (QED) is 0.657. The number of rotatable bonds is 4. The number of piperidine rings is 1. The van der Waals surface area contributed by atoms with E-state index in [4.69, 9.17) is 9.94 Å². The van der Waals surface area contributed by atoms with E-state index in [1.807, 2.05) is 12.1 Å². The Morgan fingerprint density at radius 2 is 2.22 bits per heavy atom. The molecule has 18 heavy (non-hydrogen) atoms. The van der Waals surface area contributed by atoms with Crippen molar-refractivity contribution in [3.05, 3.63) is 18.3 Å². The maximum atomic E-state index is 8.75. The molecule has 5 nitrogen and oxygen atoms in total. The zero-order valence-corrected chi connectivity index (χ0v) is 10.7. The lowest BCUT2D eigenvalue weighted by molar-refractivity contribution is 0.313. The summed E-state index contributed by atoms with van der Waals surface area (Å²) in [7, 11) is 0. The van der Waals surface area contributed by atoms with E-state index in [2.05, 4.69) is 22.0 Å². The van der Waals surface area contributed by atoms with Gasteiger partial charge in [-0.2, -0.15) is 0 Å². The zero-order chi connectivity index (χ0) is 12.8. The summed E-state index contributed by atoms with van der Waals surface area (Å²) in [5.74, 6) is 1.73. The second kappa shape index (κ2) is 6.23. The molecule has 1 aliphatic heterocycles. The molecule has 0 aromatic carbocycles. The molecule has 1 fully saturated rings. The van der Waals surface area contributed by atoms with Gasteiger partial charge in [0.2, 0.25) is 0 Å². The molecule has 0 saturated carbocycles. The zero-order valence-electron chi connectivity index (χ0n) is 10.7. The fourth-order valence-electron chi connectivity index (χ4n) is 2.02. The standard InChI is InChI=1S/C13H19N3O2/c1-2-10-18-12-4-3-7-14-13(12)16-8-5-11(15-17)6-9-16/h3-4,7,17H,2,5-6,8-10H2,1H3. The highest BCUT2D eigenvalue weighted by atomic mass is 16.5. The van der Waals surface area contributed by atoms with Crippen LogP contribution in [-0.4, -0.2) is 35.6 Å². The van der Waals surface area contributed by atoms with Gasteiger partial charge in [0.15, 0.2) is 11.6 Å². The summed E-state index contributed by atoms with van der Waals surface area (Å²) in [5, 5.41) is 12.0. The molecule has 0 bridgehead atoms. The second-order valence-electron chi connectivity index (χ2n) is 4.33. The molecule has 0 amide bonds. The van der Waals surface area contributed by atoms with E-state index in [1.54, 1.807) is 6.20 Å². The Kier molecular flexibility index (Phi) is 4.39. The molecule has 2 heterocycles. The average Bonchev–Trinajstić information content (AvgIpc) is 2.45. The van der Waals surface area contributed by atoms with Crippen LogP contribution in [0, 0.1) is 0 Å². The van der Waals surface area contributed by atoms with E-state index in [-0.39, 0.29) is 0 Å². The Morgan fingerprint density at radius 1 is 1.44 bits per heavy atom. The number of oxime groups is 1.